The highest BCUT2D eigenvalue weighted by Crippen LogP contribution is 2.24. The monoisotopic (exact) mass is 303 g/mol. The molecule has 0 aliphatic rings. The molecule has 2 aromatic rings. The van der Waals surface area contributed by atoms with Crippen molar-refractivity contribution in [3.8, 4) is 0 Å². The van der Waals surface area contributed by atoms with Crippen LogP contribution in [0.25, 0.3) is 0 Å². The highest BCUT2D eigenvalue weighted by molar-refractivity contribution is 7.98. The Morgan fingerprint density at radius 1 is 1.24 bits per heavy atom. The van der Waals surface area contributed by atoms with Crippen LogP contribution in [0.5, 0.6) is 0 Å². The van der Waals surface area contributed by atoms with Crippen LogP contribution in [-0.4, -0.2) is 23.6 Å². The minimum absolute atomic E-state index is 0.448. The number of nitrogens with one attached hydrogen (secondary N) is 1. The maximum absolute atomic E-state index is 5.39. The molecule has 4 nitrogen and oxygen atoms in total. The molecular weight excluding hydrogens is 282 g/mol. The van der Waals surface area contributed by atoms with Gasteiger partial charge in [0.2, 0.25) is 0 Å². The zero-order valence-electron chi connectivity index (χ0n) is 12.7. The van der Waals surface area contributed by atoms with E-state index in [1.54, 1.807) is 11.8 Å². The fraction of sp³-hybridized carbons (Fsp3) is 0.375. The van der Waals surface area contributed by atoms with Crippen molar-refractivity contribution in [2.24, 2.45) is 0 Å². The van der Waals surface area contributed by atoms with Crippen molar-refractivity contribution in [2.75, 3.05) is 19.0 Å². The normalized spacial score (nSPS) is 10.6. The van der Waals surface area contributed by atoms with Gasteiger partial charge in [-0.1, -0.05) is 24.3 Å². The summed E-state index contributed by atoms with van der Waals surface area (Å²) in [7, 11) is 1.86. The number of ether oxygens (including phenoxy) is 1. The Morgan fingerprint density at radius 2 is 2.05 bits per heavy atom. The summed E-state index contributed by atoms with van der Waals surface area (Å²) in [5, 5.41) is 4.04. The van der Waals surface area contributed by atoms with Gasteiger partial charge in [0.1, 0.15) is 17.5 Å². The lowest BCUT2D eigenvalue weighted by Crippen LogP contribution is -2.03. The lowest BCUT2D eigenvalue weighted by Gasteiger charge is -2.09. The molecule has 1 N–H and O–H groups in total. The van der Waals surface area contributed by atoms with Gasteiger partial charge >= 0.3 is 0 Å². The molecule has 0 unspecified atom stereocenters. The predicted molar refractivity (Wildman–Crippen MR) is 87.6 cm³/mol. The van der Waals surface area contributed by atoms with Crippen LogP contribution in [-0.2, 0) is 17.1 Å². The molecule has 1 heterocycles. The quantitative estimate of drug-likeness (QED) is 0.625. The minimum atomic E-state index is 0.448. The summed E-state index contributed by atoms with van der Waals surface area (Å²) in [4.78, 5) is 8.95. The molecule has 0 aliphatic heterocycles. The van der Waals surface area contributed by atoms with E-state index in [1.807, 2.05) is 20.0 Å². The number of aromatic nitrogens is 2. The van der Waals surface area contributed by atoms with Crippen LogP contribution in [0.3, 0.4) is 0 Å². The number of aryl methyl sites for hydroxylation is 1. The SMILES string of the molecule is CCOCc1nc(NC)cc(SCc2ccccc2C)n1. The summed E-state index contributed by atoms with van der Waals surface area (Å²) in [5.74, 6) is 2.45. The van der Waals surface area contributed by atoms with E-state index in [4.69, 9.17) is 4.74 Å². The molecule has 0 bridgehead atoms. The zero-order valence-corrected chi connectivity index (χ0v) is 13.5. The first-order chi connectivity index (χ1) is 10.2. The number of thioether (sulfide) groups is 1. The van der Waals surface area contributed by atoms with E-state index in [1.165, 1.54) is 11.1 Å². The molecule has 0 radical (unpaired) electrons. The molecule has 0 fully saturated rings. The Bertz CT molecular complexity index is 589. The fourth-order valence-corrected chi connectivity index (χ4v) is 2.85. The molecular formula is C16H21N3OS. The Kier molecular flexibility index (Phi) is 6.02. The number of hydrogen-bond acceptors (Lipinski definition) is 5. The van der Waals surface area contributed by atoms with Crippen LogP contribution in [0.2, 0.25) is 0 Å². The van der Waals surface area contributed by atoms with E-state index >= 15 is 0 Å². The molecule has 0 aliphatic carbocycles. The molecule has 0 saturated carbocycles. The number of rotatable bonds is 7. The number of hydrogen-bond donors (Lipinski definition) is 1. The van der Waals surface area contributed by atoms with Gasteiger partial charge in [0.05, 0.1) is 0 Å². The third-order valence-electron chi connectivity index (χ3n) is 3.08. The van der Waals surface area contributed by atoms with Crippen LogP contribution in [0.15, 0.2) is 35.4 Å². The standard InChI is InChI=1S/C16H21N3OS/c1-4-20-10-15-18-14(17-3)9-16(19-15)21-11-13-8-6-5-7-12(13)2/h5-9H,4,10-11H2,1-3H3,(H,17,18,19). The van der Waals surface area contributed by atoms with Crippen molar-refractivity contribution < 1.29 is 4.74 Å². The molecule has 5 heteroatoms. The van der Waals surface area contributed by atoms with Gasteiger partial charge in [-0.2, -0.15) is 0 Å². The van der Waals surface area contributed by atoms with E-state index < -0.39 is 0 Å². The lowest BCUT2D eigenvalue weighted by atomic mass is 10.1. The zero-order chi connectivity index (χ0) is 15.1. The molecule has 0 atom stereocenters. The van der Waals surface area contributed by atoms with Gasteiger partial charge in [-0.15, -0.1) is 11.8 Å². The van der Waals surface area contributed by atoms with Gasteiger partial charge in [0.25, 0.3) is 0 Å². The van der Waals surface area contributed by atoms with Crippen molar-refractivity contribution >= 4 is 17.6 Å². The predicted octanol–water partition coefficient (Wildman–Crippen LogP) is 3.66. The number of nitrogens with zero attached hydrogens (tertiary/aromatic N) is 2. The fourth-order valence-electron chi connectivity index (χ4n) is 1.86. The summed E-state index contributed by atoms with van der Waals surface area (Å²) in [6, 6.07) is 10.4. The van der Waals surface area contributed by atoms with E-state index in [9.17, 15) is 0 Å². The van der Waals surface area contributed by atoms with Crippen LogP contribution >= 0.6 is 11.8 Å². The van der Waals surface area contributed by atoms with Crippen molar-refractivity contribution in [2.45, 2.75) is 31.2 Å². The third-order valence-corrected chi connectivity index (χ3v) is 4.04. The Labute approximate surface area is 130 Å². The molecule has 1 aromatic carbocycles. The van der Waals surface area contributed by atoms with Gasteiger partial charge in [0.15, 0.2) is 5.82 Å². The highest BCUT2D eigenvalue weighted by atomic mass is 32.2. The topological polar surface area (TPSA) is 47.0 Å². The largest absolute Gasteiger partial charge is 0.374 e. The van der Waals surface area contributed by atoms with E-state index in [-0.39, 0.29) is 0 Å². The molecule has 1 aromatic heterocycles. The lowest BCUT2D eigenvalue weighted by molar-refractivity contribution is 0.128. The number of benzene rings is 1. The van der Waals surface area contributed by atoms with Gasteiger partial charge < -0.3 is 10.1 Å². The summed E-state index contributed by atoms with van der Waals surface area (Å²) in [5.41, 5.74) is 2.64. The maximum atomic E-state index is 5.39. The summed E-state index contributed by atoms with van der Waals surface area (Å²) < 4.78 is 5.39. The molecule has 0 amide bonds. The summed E-state index contributed by atoms with van der Waals surface area (Å²) >= 11 is 1.72. The van der Waals surface area contributed by atoms with Crippen molar-refractivity contribution in [3.05, 3.63) is 47.3 Å². The number of anilines is 1. The van der Waals surface area contributed by atoms with Gasteiger partial charge in [-0.05, 0) is 25.0 Å². The second kappa shape index (κ2) is 8.00. The van der Waals surface area contributed by atoms with E-state index in [0.717, 1.165) is 22.4 Å². The van der Waals surface area contributed by atoms with Crippen molar-refractivity contribution in [1.82, 2.24) is 9.97 Å². The molecule has 0 saturated heterocycles. The minimum Gasteiger partial charge on any atom is -0.374 e. The van der Waals surface area contributed by atoms with Crippen LogP contribution in [0.1, 0.15) is 23.9 Å². The van der Waals surface area contributed by atoms with E-state index in [2.05, 4.69) is 46.5 Å². The first-order valence-corrected chi connectivity index (χ1v) is 8.02. The second-order valence-corrected chi connectivity index (χ2v) is 5.61. The molecule has 112 valence electrons. The maximum Gasteiger partial charge on any atom is 0.157 e. The second-order valence-electron chi connectivity index (χ2n) is 4.61. The van der Waals surface area contributed by atoms with Gasteiger partial charge in [-0.3, -0.25) is 0 Å². The Morgan fingerprint density at radius 3 is 2.76 bits per heavy atom. The molecule has 21 heavy (non-hydrogen) atoms. The van der Waals surface area contributed by atoms with E-state index in [0.29, 0.717) is 13.2 Å². The summed E-state index contributed by atoms with van der Waals surface area (Å²) in [6.45, 7) is 5.22. The average molecular weight is 303 g/mol. The molecule has 2 rings (SSSR count). The van der Waals surface area contributed by atoms with Gasteiger partial charge in [-0.25, -0.2) is 9.97 Å². The first kappa shape index (κ1) is 15.8. The molecule has 0 spiro atoms. The average Bonchev–Trinajstić information content (AvgIpc) is 2.52. The Hall–Kier alpha value is -1.59. The van der Waals surface area contributed by atoms with Crippen LogP contribution in [0, 0.1) is 6.92 Å². The third kappa shape index (κ3) is 4.72. The van der Waals surface area contributed by atoms with Gasteiger partial charge in [0, 0.05) is 25.5 Å². The summed E-state index contributed by atoms with van der Waals surface area (Å²) in [6.07, 6.45) is 0. The Balaban J connectivity index is 2.09. The van der Waals surface area contributed by atoms with Crippen LogP contribution < -0.4 is 5.32 Å². The van der Waals surface area contributed by atoms with Crippen molar-refractivity contribution in [1.29, 1.82) is 0 Å². The first-order valence-electron chi connectivity index (χ1n) is 7.03. The highest BCUT2D eigenvalue weighted by Gasteiger charge is 2.06. The smallest absolute Gasteiger partial charge is 0.157 e. The van der Waals surface area contributed by atoms with Crippen LogP contribution in [0.4, 0.5) is 5.82 Å². The van der Waals surface area contributed by atoms with Crippen molar-refractivity contribution in [3.63, 3.8) is 0 Å².